The highest BCUT2D eigenvalue weighted by Gasteiger charge is 2.53. The van der Waals surface area contributed by atoms with Gasteiger partial charge in [0.25, 0.3) is 5.91 Å². The van der Waals surface area contributed by atoms with Crippen molar-refractivity contribution in [3.05, 3.63) is 40.9 Å². The van der Waals surface area contributed by atoms with Crippen molar-refractivity contribution < 1.29 is 38.1 Å². The lowest BCUT2D eigenvalue weighted by Crippen LogP contribution is -2.67. The topological polar surface area (TPSA) is 191 Å². The van der Waals surface area contributed by atoms with E-state index in [0.29, 0.717) is 0 Å². The monoisotopic (exact) mass is 527 g/mol. The highest BCUT2D eigenvalue weighted by Crippen LogP contribution is 2.35. The van der Waals surface area contributed by atoms with Gasteiger partial charge in [0, 0.05) is 25.2 Å². The maximum Gasteiger partial charge on any atom is 0.328 e. The molecule has 35 heavy (non-hydrogen) atoms. The van der Waals surface area contributed by atoms with Crippen LogP contribution in [0.25, 0.3) is 0 Å². The predicted octanol–water partition coefficient (Wildman–Crippen LogP) is 0.156. The molecular weight excluding hydrogens is 506 g/mol. The number of nitrogens with one attached hydrogen (secondary N) is 1. The van der Waals surface area contributed by atoms with E-state index >= 15 is 0 Å². The number of nitrogens with zero attached hydrogens (tertiary/aromatic N) is 4. The van der Waals surface area contributed by atoms with Crippen molar-refractivity contribution in [2.45, 2.75) is 43.6 Å². The third kappa shape index (κ3) is 5.07. The number of carboxylic acid groups (broad SMARTS) is 1. The number of carboxylic acids is 1. The number of carbonyl (C=O) groups is 3. The van der Waals surface area contributed by atoms with Gasteiger partial charge in [0.2, 0.25) is 5.91 Å². The quantitative estimate of drug-likeness (QED) is 0.0992. The second-order valence-electron chi connectivity index (χ2n) is 8.17. The summed E-state index contributed by atoms with van der Waals surface area (Å²) >= 11 is 5.83. The number of carbonyl (C=O) groups excluding carboxylic acids is 2. The van der Waals surface area contributed by atoms with Crippen LogP contribution in [0.5, 0.6) is 11.5 Å². The molecule has 13 nitrogen and oxygen atoms in total. The summed E-state index contributed by atoms with van der Waals surface area (Å²) < 4.78 is 23.8. The summed E-state index contributed by atoms with van der Waals surface area (Å²) in [4.78, 5) is 41.3. The number of β-lactam (4-membered cyclic amide) rings is 1. The number of imidazole rings is 1. The minimum Gasteiger partial charge on any atom is -0.504 e. The number of thiol groups is 1. The highest BCUT2D eigenvalue weighted by atomic mass is 35.5. The zero-order valence-electron chi connectivity index (χ0n) is 18.5. The molecule has 3 atom stereocenters. The first-order valence-corrected chi connectivity index (χ1v) is 11.7. The second kappa shape index (κ2) is 9.92. The first-order chi connectivity index (χ1) is 16.4. The fourth-order valence-electron chi connectivity index (χ4n) is 3.76. The molecule has 0 spiro atoms. The molecule has 0 bridgehead atoms. The van der Waals surface area contributed by atoms with Crippen LogP contribution in [0, 0.1) is 0 Å². The molecule has 4 N–H and O–H groups in total. The van der Waals surface area contributed by atoms with Crippen molar-refractivity contribution in [3.63, 3.8) is 0 Å². The normalized spacial score (nSPS) is 18.3. The molecule has 1 fully saturated rings. The van der Waals surface area contributed by atoms with Crippen LogP contribution >= 0.6 is 11.6 Å². The van der Waals surface area contributed by atoms with Crippen molar-refractivity contribution >= 4 is 46.3 Å². The number of phenols is 2. The van der Waals surface area contributed by atoms with Crippen LogP contribution in [-0.2, 0) is 26.8 Å². The average Bonchev–Trinajstić information content (AvgIpc) is 3.22. The molecule has 1 aromatic heterocycles. The molecule has 0 aliphatic carbocycles. The molecule has 2 amide bonds. The van der Waals surface area contributed by atoms with Crippen LogP contribution in [0.3, 0.4) is 0 Å². The van der Waals surface area contributed by atoms with Crippen LogP contribution in [0.1, 0.15) is 36.3 Å². The molecule has 0 saturated carbocycles. The highest BCUT2D eigenvalue weighted by molar-refractivity contribution is 7.74. The van der Waals surface area contributed by atoms with Gasteiger partial charge in [-0.2, -0.15) is 5.10 Å². The Labute approximate surface area is 205 Å². The Hall–Kier alpha value is -3.65. The first kappa shape index (κ1) is 26.0. The van der Waals surface area contributed by atoms with Crippen molar-refractivity contribution in [2.75, 3.05) is 0 Å². The Morgan fingerprint density at radius 2 is 2.09 bits per heavy atom. The number of hydrazone groups is 1. The molecule has 0 radical (unpaired) electrons. The second-order valence-corrected chi connectivity index (χ2v) is 10.1. The van der Waals surface area contributed by atoms with E-state index in [2.05, 4.69) is 15.5 Å². The van der Waals surface area contributed by atoms with Gasteiger partial charge in [-0.1, -0.05) is 11.6 Å². The molecule has 1 aliphatic rings. The minimum atomic E-state index is -3.29. The van der Waals surface area contributed by atoms with Gasteiger partial charge < -0.3 is 24.8 Å². The van der Waals surface area contributed by atoms with E-state index in [9.17, 15) is 38.1 Å². The van der Waals surface area contributed by atoms with Gasteiger partial charge in [0.15, 0.2) is 17.5 Å². The molecular formula is C20H22ClN5O8S. The summed E-state index contributed by atoms with van der Waals surface area (Å²) in [6.45, 7) is 2.58. The molecule has 1 aliphatic heterocycles. The Balaban J connectivity index is 1.75. The largest absolute Gasteiger partial charge is 0.504 e. The summed E-state index contributed by atoms with van der Waals surface area (Å²) in [6.07, 6.45) is 3.93. The molecule has 2 heterocycles. The fraction of sp³-hybridized carbons (Fsp3) is 0.350. The van der Waals surface area contributed by atoms with Gasteiger partial charge in [-0.3, -0.25) is 9.59 Å². The van der Waals surface area contributed by atoms with Gasteiger partial charge in [-0.25, -0.2) is 23.6 Å². The zero-order chi connectivity index (χ0) is 26.1. The maximum absolute atomic E-state index is 12.2. The van der Waals surface area contributed by atoms with Crippen LogP contribution in [0.4, 0.5) is 0 Å². The van der Waals surface area contributed by atoms with Crippen molar-refractivity contribution in [3.8, 4) is 11.5 Å². The van der Waals surface area contributed by atoms with E-state index < -0.39 is 56.8 Å². The first-order valence-electron chi connectivity index (χ1n) is 10.1. The van der Waals surface area contributed by atoms with Crippen LogP contribution in [0.15, 0.2) is 29.8 Å². The number of hydrogen-bond acceptors (Lipinski definition) is 9. The molecule has 1 saturated heterocycles. The summed E-state index contributed by atoms with van der Waals surface area (Å²) in [5.41, 5.74) is 2.23. The fourth-order valence-corrected chi connectivity index (χ4v) is 4.72. The standard InChI is InChI=1S/C20H22ClN5O8S/c1-10-5-14(28)26(10)17(19(31)32)20(2,35(33)34)8-25-7-11(22-9-25)6-23-24-18(30)12-3-4-13(27)16(29)15(12)21/h3-4,6-7,9-10,17,27,29,35H,5,8H2,1-2H3,(H,24,30)(H,31,32)/b23-6+/t10-,17+,20+/m1/s1. The van der Waals surface area contributed by atoms with E-state index in [1.54, 1.807) is 6.92 Å². The lowest BCUT2D eigenvalue weighted by molar-refractivity contribution is -0.163. The van der Waals surface area contributed by atoms with Gasteiger partial charge in [0.1, 0.15) is 21.1 Å². The molecule has 3 rings (SSSR count). The molecule has 188 valence electrons. The number of aliphatic carboxylic acids is 1. The Kier molecular flexibility index (Phi) is 7.36. The van der Waals surface area contributed by atoms with E-state index in [0.717, 1.165) is 17.2 Å². The number of amides is 2. The van der Waals surface area contributed by atoms with Gasteiger partial charge in [0.05, 0.1) is 23.1 Å². The lowest BCUT2D eigenvalue weighted by atomic mass is 9.91. The van der Waals surface area contributed by atoms with Crippen molar-refractivity contribution in [1.82, 2.24) is 19.9 Å². The molecule has 2 aromatic rings. The molecule has 15 heteroatoms. The molecule has 1 aromatic carbocycles. The van der Waals surface area contributed by atoms with Crippen molar-refractivity contribution in [2.24, 2.45) is 5.10 Å². The van der Waals surface area contributed by atoms with E-state index in [-0.39, 0.29) is 29.2 Å². The predicted molar refractivity (Wildman–Crippen MR) is 123 cm³/mol. The van der Waals surface area contributed by atoms with Gasteiger partial charge >= 0.3 is 5.97 Å². The number of benzene rings is 1. The summed E-state index contributed by atoms with van der Waals surface area (Å²) in [5, 5.41) is 32.1. The number of hydrogen-bond donors (Lipinski definition) is 5. The number of halogens is 1. The van der Waals surface area contributed by atoms with Crippen molar-refractivity contribution in [1.29, 1.82) is 0 Å². The number of aromatic nitrogens is 2. The van der Waals surface area contributed by atoms with Crippen LogP contribution < -0.4 is 5.43 Å². The number of rotatable bonds is 9. The van der Waals surface area contributed by atoms with E-state index in [1.807, 2.05) is 0 Å². The number of aromatic hydroxyl groups is 2. The smallest absolute Gasteiger partial charge is 0.328 e. The zero-order valence-corrected chi connectivity index (χ0v) is 20.1. The summed E-state index contributed by atoms with van der Waals surface area (Å²) in [7, 11) is -3.29. The minimum absolute atomic E-state index is 0.141. The summed E-state index contributed by atoms with van der Waals surface area (Å²) in [6, 6.07) is 0.268. The Morgan fingerprint density at radius 1 is 1.40 bits per heavy atom. The third-order valence-electron chi connectivity index (χ3n) is 5.61. The van der Waals surface area contributed by atoms with E-state index in [1.165, 1.54) is 30.1 Å². The average molecular weight is 528 g/mol. The number of phenolic OH excluding ortho intramolecular Hbond substituents is 2. The number of likely N-dealkylation sites (tertiary alicyclic amines) is 1. The SMILES string of the molecule is C[C@@H]1CC(=O)N1[C@@H](C(=O)O)[C@](C)(Cn1cnc(/C=N/NC(=O)c2ccc(O)c(O)c2Cl)c1)[SH](=O)=O. The lowest BCUT2D eigenvalue weighted by Gasteiger charge is -2.47. The van der Waals surface area contributed by atoms with Gasteiger partial charge in [-0.15, -0.1) is 0 Å². The van der Waals surface area contributed by atoms with Crippen LogP contribution in [0.2, 0.25) is 5.02 Å². The Bertz CT molecular complexity index is 1280. The van der Waals surface area contributed by atoms with Crippen LogP contribution in [-0.4, -0.2) is 79.0 Å². The third-order valence-corrected chi connectivity index (χ3v) is 7.21. The van der Waals surface area contributed by atoms with E-state index in [4.69, 9.17) is 11.6 Å². The maximum atomic E-state index is 12.2. The summed E-state index contributed by atoms with van der Waals surface area (Å²) in [5.74, 6) is -3.81. The molecule has 0 unspecified atom stereocenters. The van der Waals surface area contributed by atoms with Gasteiger partial charge in [-0.05, 0) is 26.0 Å². The Morgan fingerprint density at radius 3 is 2.66 bits per heavy atom.